The van der Waals surface area contributed by atoms with Crippen molar-refractivity contribution in [3.63, 3.8) is 0 Å². The number of piperazine rings is 1. The molecule has 1 aliphatic heterocycles. The lowest BCUT2D eigenvalue weighted by molar-refractivity contribution is -0.143. The third kappa shape index (κ3) is 3.05. The van der Waals surface area contributed by atoms with Crippen LogP contribution in [0.1, 0.15) is 12.0 Å². The van der Waals surface area contributed by atoms with Crippen molar-refractivity contribution in [3.05, 3.63) is 29.8 Å². The van der Waals surface area contributed by atoms with Crippen molar-refractivity contribution in [3.8, 4) is 0 Å². The minimum atomic E-state index is -0.497. The number of ether oxygens (including phenoxy) is 1. The van der Waals surface area contributed by atoms with Gasteiger partial charge in [-0.1, -0.05) is 12.1 Å². The minimum absolute atomic E-state index is 0.0657. The van der Waals surface area contributed by atoms with Crippen molar-refractivity contribution in [2.45, 2.75) is 19.4 Å². The number of methoxy groups -OCH3 is 1. The quantitative estimate of drug-likeness (QED) is 0.821. The average Bonchev–Trinajstić information content (AvgIpc) is 2.40. The smallest absolute Gasteiger partial charge is 0.308 e. The summed E-state index contributed by atoms with van der Waals surface area (Å²) in [5.41, 5.74) is 2.09. The molecule has 0 saturated carbocycles. The Morgan fingerprint density at radius 2 is 2.32 bits per heavy atom. The fourth-order valence-electron chi connectivity index (χ4n) is 2.27. The predicted octanol–water partition coefficient (Wildman–Crippen LogP) is 0.863. The summed E-state index contributed by atoms with van der Waals surface area (Å²) < 4.78 is 4.66. The molecule has 1 unspecified atom stereocenters. The Labute approximate surface area is 112 Å². The van der Waals surface area contributed by atoms with Gasteiger partial charge in [0.15, 0.2) is 0 Å². The molecule has 1 fully saturated rings. The number of hydrogen-bond acceptors (Lipinski definition) is 4. The molecule has 5 nitrogen and oxygen atoms in total. The number of hydrogen-bond donors (Lipinski definition) is 1. The second-order valence-electron chi connectivity index (χ2n) is 4.62. The number of nitrogens with one attached hydrogen (secondary N) is 1. The average molecular weight is 262 g/mol. The molecule has 102 valence electrons. The fourth-order valence-corrected chi connectivity index (χ4v) is 2.27. The number of nitrogens with zero attached hydrogens (tertiary/aromatic N) is 1. The Kier molecular flexibility index (Phi) is 4.04. The summed E-state index contributed by atoms with van der Waals surface area (Å²) in [4.78, 5) is 25.4. The lowest BCUT2D eigenvalue weighted by atomic mass is 10.1. The van der Waals surface area contributed by atoms with Crippen LogP contribution in [0.4, 0.5) is 5.69 Å². The molecule has 1 atom stereocenters. The van der Waals surface area contributed by atoms with E-state index in [-0.39, 0.29) is 18.3 Å². The third-order valence-corrected chi connectivity index (χ3v) is 3.25. The lowest BCUT2D eigenvalue weighted by Gasteiger charge is -2.36. The normalized spacial score (nSPS) is 18.9. The highest BCUT2D eigenvalue weighted by Crippen LogP contribution is 2.21. The van der Waals surface area contributed by atoms with E-state index in [0.717, 1.165) is 11.3 Å². The molecular formula is C14H18N2O3. The van der Waals surface area contributed by atoms with Crippen LogP contribution in [0, 0.1) is 6.92 Å². The fraction of sp³-hybridized carbons (Fsp3) is 0.429. The molecule has 1 aromatic rings. The van der Waals surface area contributed by atoms with Crippen LogP contribution in [0.25, 0.3) is 0 Å². The number of anilines is 1. The number of carbonyl (C=O) groups excluding carboxylic acids is 2. The van der Waals surface area contributed by atoms with Crippen LogP contribution >= 0.6 is 0 Å². The Hall–Kier alpha value is -2.04. The van der Waals surface area contributed by atoms with Crippen LogP contribution in [0.2, 0.25) is 0 Å². The van der Waals surface area contributed by atoms with E-state index in [1.165, 1.54) is 7.11 Å². The lowest BCUT2D eigenvalue weighted by Crippen LogP contribution is -2.56. The van der Waals surface area contributed by atoms with Crippen molar-refractivity contribution >= 4 is 17.6 Å². The summed E-state index contributed by atoms with van der Waals surface area (Å²) >= 11 is 0. The van der Waals surface area contributed by atoms with E-state index in [4.69, 9.17) is 0 Å². The Morgan fingerprint density at radius 3 is 3.00 bits per heavy atom. The molecule has 1 amide bonds. The standard InChI is InChI=1S/C14H18N2O3/c1-10-4-3-5-11(8-10)16-7-6-15-14(18)12(16)9-13(17)19-2/h3-5,8,12H,6-7,9H2,1-2H3,(H,15,18). The molecule has 1 N–H and O–H groups in total. The Morgan fingerprint density at radius 1 is 1.53 bits per heavy atom. The van der Waals surface area contributed by atoms with Gasteiger partial charge in [0.25, 0.3) is 0 Å². The van der Waals surface area contributed by atoms with Crippen LogP contribution < -0.4 is 10.2 Å². The minimum Gasteiger partial charge on any atom is -0.469 e. The van der Waals surface area contributed by atoms with Crippen molar-refractivity contribution in [2.24, 2.45) is 0 Å². The number of carbonyl (C=O) groups is 2. The summed E-state index contributed by atoms with van der Waals surface area (Å²) in [6.45, 7) is 3.28. The maximum Gasteiger partial charge on any atom is 0.308 e. The monoisotopic (exact) mass is 262 g/mol. The van der Waals surface area contributed by atoms with Gasteiger partial charge in [0.1, 0.15) is 6.04 Å². The first-order chi connectivity index (χ1) is 9.11. The van der Waals surface area contributed by atoms with E-state index in [2.05, 4.69) is 10.1 Å². The van der Waals surface area contributed by atoms with Gasteiger partial charge in [-0.25, -0.2) is 0 Å². The van der Waals surface area contributed by atoms with Gasteiger partial charge in [0.2, 0.25) is 5.91 Å². The third-order valence-electron chi connectivity index (χ3n) is 3.25. The zero-order valence-corrected chi connectivity index (χ0v) is 11.2. The number of benzene rings is 1. The van der Waals surface area contributed by atoms with Crippen molar-refractivity contribution in [1.29, 1.82) is 0 Å². The highest BCUT2D eigenvalue weighted by molar-refractivity contribution is 5.90. The molecule has 0 aliphatic carbocycles. The van der Waals surface area contributed by atoms with Crippen molar-refractivity contribution < 1.29 is 14.3 Å². The first kappa shape index (κ1) is 13.4. The first-order valence-corrected chi connectivity index (χ1v) is 6.29. The maximum absolute atomic E-state index is 12.0. The zero-order valence-electron chi connectivity index (χ0n) is 11.2. The van der Waals surface area contributed by atoms with E-state index >= 15 is 0 Å². The van der Waals surface area contributed by atoms with E-state index in [1.54, 1.807) is 0 Å². The zero-order chi connectivity index (χ0) is 13.8. The number of aryl methyl sites for hydroxylation is 1. The molecule has 1 saturated heterocycles. The maximum atomic E-state index is 12.0. The van der Waals surface area contributed by atoms with Crippen LogP contribution in [-0.2, 0) is 14.3 Å². The summed E-state index contributed by atoms with van der Waals surface area (Å²) in [5, 5.41) is 2.79. The van der Waals surface area contributed by atoms with Gasteiger partial charge in [0, 0.05) is 18.8 Å². The molecule has 1 aliphatic rings. The van der Waals surface area contributed by atoms with Gasteiger partial charge in [-0.05, 0) is 24.6 Å². The van der Waals surface area contributed by atoms with Crippen molar-refractivity contribution in [2.75, 3.05) is 25.1 Å². The van der Waals surface area contributed by atoms with Crippen LogP contribution in [-0.4, -0.2) is 38.1 Å². The van der Waals surface area contributed by atoms with Gasteiger partial charge in [-0.3, -0.25) is 9.59 Å². The number of rotatable bonds is 3. The number of amides is 1. The van der Waals surface area contributed by atoms with Gasteiger partial charge in [-0.2, -0.15) is 0 Å². The van der Waals surface area contributed by atoms with Gasteiger partial charge >= 0.3 is 5.97 Å². The van der Waals surface area contributed by atoms with Crippen molar-refractivity contribution in [1.82, 2.24) is 5.32 Å². The van der Waals surface area contributed by atoms with Crippen LogP contribution in [0.3, 0.4) is 0 Å². The molecule has 19 heavy (non-hydrogen) atoms. The molecule has 5 heteroatoms. The summed E-state index contributed by atoms with van der Waals surface area (Å²) in [5.74, 6) is -0.502. The molecule has 0 aromatic heterocycles. The first-order valence-electron chi connectivity index (χ1n) is 6.29. The molecular weight excluding hydrogens is 244 g/mol. The van der Waals surface area contributed by atoms with E-state index < -0.39 is 6.04 Å². The summed E-state index contributed by atoms with van der Waals surface area (Å²) in [6.07, 6.45) is 0.0657. The summed E-state index contributed by atoms with van der Waals surface area (Å²) in [7, 11) is 1.33. The van der Waals surface area contributed by atoms with E-state index in [9.17, 15) is 9.59 Å². The highest BCUT2D eigenvalue weighted by Gasteiger charge is 2.32. The number of esters is 1. The van der Waals surface area contributed by atoms with E-state index in [1.807, 2.05) is 36.1 Å². The highest BCUT2D eigenvalue weighted by atomic mass is 16.5. The van der Waals surface area contributed by atoms with Gasteiger partial charge in [-0.15, -0.1) is 0 Å². The Bertz CT molecular complexity index is 487. The molecule has 1 aromatic carbocycles. The second-order valence-corrected chi connectivity index (χ2v) is 4.62. The molecule has 1 heterocycles. The summed E-state index contributed by atoms with van der Waals surface area (Å²) in [6, 6.07) is 7.43. The van der Waals surface area contributed by atoms with Crippen LogP contribution in [0.15, 0.2) is 24.3 Å². The molecule has 0 spiro atoms. The Balaban J connectivity index is 2.24. The van der Waals surface area contributed by atoms with Crippen LogP contribution in [0.5, 0.6) is 0 Å². The predicted molar refractivity (Wildman–Crippen MR) is 72.0 cm³/mol. The second kappa shape index (κ2) is 5.73. The topological polar surface area (TPSA) is 58.6 Å². The van der Waals surface area contributed by atoms with E-state index in [0.29, 0.717) is 13.1 Å². The largest absolute Gasteiger partial charge is 0.469 e. The molecule has 0 radical (unpaired) electrons. The SMILES string of the molecule is COC(=O)CC1C(=O)NCCN1c1cccc(C)c1. The van der Waals surface area contributed by atoms with Gasteiger partial charge < -0.3 is 15.0 Å². The molecule has 2 rings (SSSR count). The van der Waals surface area contributed by atoms with Gasteiger partial charge in [0.05, 0.1) is 13.5 Å². The molecule has 0 bridgehead atoms.